The number of terminal acetylenes is 1. The summed E-state index contributed by atoms with van der Waals surface area (Å²) in [6.07, 6.45) is 7.73. The molecule has 0 fully saturated rings. The highest BCUT2D eigenvalue weighted by molar-refractivity contribution is 7.98. The number of pyridine rings is 1. The van der Waals surface area contributed by atoms with Crippen molar-refractivity contribution >= 4 is 33.6 Å². The molecule has 0 saturated carbocycles. The van der Waals surface area contributed by atoms with E-state index in [0.29, 0.717) is 35.5 Å². The van der Waals surface area contributed by atoms with Gasteiger partial charge in [0, 0.05) is 23.7 Å². The number of thioether (sulfide) groups is 1. The van der Waals surface area contributed by atoms with Gasteiger partial charge in [0.2, 0.25) is 6.79 Å². The maximum atomic E-state index is 12.9. The molecule has 6 nitrogen and oxygen atoms in total. The molecule has 7 heteroatoms. The minimum atomic E-state index is -0.155. The molecule has 1 aromatic carbocycles. The number of fused-ring (bicyclic) bond motifs is 4. The van der Waals surface area contributed by atoms with Crippen molar-refractivity contribution < 1.29 is 9.47 Å². The van der Waals surface area contributed by atoms with E-state index in [0.717, 1.165) is 15.8 Å². The summed E-state index contributed by atoms with van der Waals surface area (Å²) in [4.78, 5) is 12.9. The van der Waals surface area contributed by atoms with Crippen LogP contribution >= 0.6 is 11.8 Å². The van der Waals surface area contributed by atoms with Gasteiger partial charge in [-0.05, 0) is 24.5 Å². The van der Waals surface area contributed by atoms with Gasteiger partial charge in [-0.25, -0.2) is 0 Å². The fourth-order valence-electron chi connectivity index (χ4n) is 2.83. The first-order valence-electron chi connectivity index (χ1n) is 7.34. The second kappa shape index (κ2) is 5.73. The summed E-state index contributed by atoms with van der Waals surface area (Å²) in [5.74, 6) is 3.77. The van der Waals surface area contributed by atoms with E-state index in [4.69, 9.17) is 15.9 Å². The molecule has 3 aromatic rings. The molecule has 1 aliphatic rings. The Bertz CT molecular complexity index is 1070. The lowest BCUT2D eigenvalue weighted by atomic mass is 10.1. The Morgan fingerprint density at radius 2 is 1.96 bits per heavy atom. The molecule has 1 aliphatic heterocycles. The second-order valence-corrected chi connectivity index (χ2v) is 6.11. The smallest absolute Gasteiger partial charge is 0.260 e. The van der Waals surface area contributed by atoms with E-state index in [1.54, 1.807) is 10.6 Å². The number of benzene rings is 1. The van der Waals surface area contributed by atoms with Gasteiger partial charge in [0.05, 0.1) is 5.39 Å². The summed E-state index contributed by atoms with van der Waals surface area (Å²) in [5.41, 5.74) is 0.372. The molecular formula is C17H13N3O3S. The first kappa shape index (κ1) is 14.8. The zero-order chi connectivity index (χ0) is 16.7. The van der Waals surface area contributed by atoms with Crippen LogP contribution in [0.3, 0.4) is 0 Å². The third-order valence-corrected chi connectivity index (χ3v) is 4.59. The lowest BCUT2D eigenvalue weighted by Gasteiger charge is -2.12. The van der Waals surface area contributed by atoms with Gasteiger partial charge in [0.1, 0.15) is 5.03 Å². The number of aryl methyl sites for hydroxylation is 1. The summed E-state index contributed by atoms with van der Waals surface area (Å²) in [5, 5.41) is 11.4. The number of hydrogen-bond donors (Lipinski definition) is 0. The van der Waals surface area contributed by atoms with Gasteiger partial charge in [0.25, 0.3) is 5.56 Å². The average molecular weight is 339 g/mol. The fourth-order valence-corrected chi connectivity index (χ4v) is 3.19. The highest BCUT2D eigenvalue weighted by Gasteiger charge is 2.19. The summed E-state index contributed by atoms with van der Waals surface area (Å²) in [7, 11) is 0. The minimum Gasteiger partial charge on any atom is -0.454 e. The van der Waals surface area contributed by atoms with Crippen molar-refractivity contribution in [2.24, 2.45) is 0 Å². The number of aromatic nitrogens is 3. The zero-order valence-electron chi connectivity index (χ0n) is 12.9. The van der Waals surface area contributed by atoms with Crippen LogP contribution in [-0.2, 0) is 6.54 Å². The van der Waals surface area contributed by atoms with Crippen LogP contribution in [0.5, 0.6) is 11.5 Å². The summed E-state index contributed by atoms with van der Waals surface area (Å²) >= 11 is 1.50. The summed E-state index contributed by atoms with van der Waals surface area (Å²) in [6.45, 7) is 0.550. The molecule has 0 saturated heterocycles. The molecule has 0 N–H and O–H groups in total. The molecule has 0 aliphatic carbocycles. The predicted octanol–water partition coefficient (Wildman–Crippen LogP) is 2.42. The molecule has 0 unspecified atom stereocenters. The Morgan fingerprint density at radius 3 is 2.67 bits per heavy atom. The molecule has 0 spiro atoms. The topological polar surface area (TPSA) is 66.2 Å². The first-order chi connectivity index (χ1) is 11.7. The number of hydrogen-bond acceptors (Lipinski definition) is 6. The standard InChI is InChI=1S/C17H13N3O3S/c1-3-4-5-20-16-11(8-15(24-2)18-19-16)10-6-13-14(23-9-22-13)7-12(10)17(20)21/h1,6-8H,4-5,9H2,2H3. The third kappa shape index (κ3) is 2.19. The highest BCUT2D eigenvalue weighted by atomic mass is 32.2. The van der Waals surface area contributed by atoms with Crippen molar-refractivity contribution in [2.75, 3.05) is 13.0 Å². The number of ether oxygens (including phenoxy) is 2. The van der Waals surface area contributed by atoms with Crippen molar-refractivity contribution in [1.82, 2.24) is 14.8 Å². The molecular weight excluding hydrogens is 326 g/mol. The minimum absolute atomic E-state index is 0.155. The van der Waals surface area contributed by atoms with Crippen LogP contribution in [0, 0.1) is 12.3 Å². The SMILES string of the molecule is C#CCCn1c(=O)c2cc3c(cc2c2cc(SC)nnc21)OCO3. The maximum Gasteiger partial charge on any atom is 0.260 e. The molecule has 24 heavy (non-hydrogen) atoms. The Kier molecular flexibility index (Phi) is 3.54. The molecule has 3 heterocycles. The average Bonchev–Trinajstić information content (AvgIpc) is 3.07. The van der Waals surface area contributed by atoms with E-state index in [2.05, 4.69) is 16.1 Å². The predicted molar refractivity (Wildman–Crippen MR) is 92.7 cm³/mol. The molecule has 0 atom stereocenters. The fraction of sp³-hybridized carbons (Fsp3) is 0.235. The van der Waals surface area contributed by atoms with Crippen LogP contribution in [0.25, 0.3) is 21.8 Å². The van der Waals surface area contributed by atoms with E-state index >= 15 is 0 Å². The number of rotatable bonds is 3. The van der Waals surface area contributed by atoms with Gasteiger partial charge in [0.15, 0.2) is 17.1 Å². The van der Waals surface area contributed by atoms with Gasteiger partial charge in [-0.1, -0.05) is 0 Å². The van der Waals surface area contributed by atoms with Gasteiger partial charge in [-0.3, -0.25) is 9.36 Å². The van der Waals surface area contributed by atoms with Gasteiger partial charge < -0.3 is 9.47 Å². The number of nitrogens with zero attached hydrogens (tertiary/aromatic N) is 3. The van der Waals surface area contributed by atoms with Crippen molar-refractivity contribution in [1.29, 1.82) is 0 Å². The lowest BCUT2D eigenvalue weighted by Crippen LogP contribution is -2.22. The van der Waals surface area contributed by atoms with Crippen LogP contribution in [0.2, 0.25) is 0 Å². The van der Waals surface area contributed by atoms with E-state index in [1.165, 1.54) is 11.8 Å². The Labute approximate surface area is 141 Å². The van der Waals surface area contributed by atoms with E-state index in [1.807, 2.05) is 18.4 Å². The molecule has 0 bridgehead atoms. The molecule has 2 aromatic heterocycles. The first-order valence-corrected chi connectivity index (χ1v) is 8.56. The molecule has 0 amide bonds. The zero-order valence-corrected chi connectivity index (χ0v) is 13.7. The normalized spacial score (nSPS) is 12.7. The van der Waals surface area contributed by atoms with Crippen molar-refractivity contribution in [3.63, 3.8) is 0 Å². The second-order valence-electron chi connectivity index (χ2n) is 5.29. The largest absolute Gasteiger partial charge is 0.454 e. The van der Waals surface area contributed by atoms with Crippen LogP contribution in [0.1, 0.15) is 6.42 Å². The Morgan fingerprint density at radius 1 is 1.21 bits per heavy atom. The van der Waals surface area contributed by atoms with Crippen LogP contribution < -0.4 is 15.0 Å². The molecule has 120 valence electrons. The van der Waals surface area contributed by atoms with Gasteiger partial charge in [-0.15, -0.1) is 34.3 Å². The highest BCUT2D eigenvalue weighted by Crippen LogP contribution is 2.37. The molecule has 4 rings (SSSR count). The summed E-state index contributed by atoms with van der Waals surface area (Å²) < 4.78 is 12.4. The Balaban J connectivity index is 2.14. The maximum absolute atomic E-state index is 12.9. The van der Waals surface area contributed by atoms with Crippen molar-refractivity contribution in [2.45, 2.75) is 18.0 Å². The molecule has 0 radical (unpaired) electrons. The van der Waals surface area contributed by atoms with Crippen molar-refractivity contribution in [3.05, 3.63) is 28.6 Å². The Hall–Kier alpha value is -2.72. The van der Waals surface area contributed by atoms with Gasteiger partial charge in [-0.2, -0.15) is 0 Å². The third-order valence-electron chi connectivity index (χ3n) is 3.98. The van der Waals surface area contributed by atoms with E-state index in [9.17, 15) is 4.79 Å². The van der Waals surface area contributed by atoms with E-state index < -0.39 is 0 Å². The lowest BCUT2D eigenvalue weighted by molar-refractivity contribution is 0.174. The van der Waals surface area contributed by atoms with Gasteiger partial charge >= 0.3 is 0 Å². The van der Waals surface area contributed by atoms with Crippen LogP contribution in [0.15, 0.2) is 28.0 Å². The van der Waals surface area contributed by atoms with E-state index in [-0.39, 0.29) is 12.4 Å². The summed E-state index contributed by atoms with van der Waals surface area (Å²) in [6, 6.07) is 5.49. The van der Waals surface area contributed by atoms with Crippen molar-refractivity contribution in [3.8, 4) is 23.8 Å². The van der Waals surface area contributed by atoms with Crippen LogP contribution in [-0.4, -0.2) is 27.8 Å². The quantitative estimate of drug-likeness (QED) is 0.415. The monoisotopic (exact) mass is 339 g/mol. The van der Waals surface area contributed by atoms with Crippen LogP contribution in [0.4, 0.5) is 0 Å².